The molecule has 2 aromatic rings. The molecule has 0 fully saturated rings. The molecular formula is C15H11N3O. The quantitative estimate of drug-likeness (QED) is 0.850. The topological polar surface area (TPSA) is 65.8 Å². The van der Waals surface area contributed by atoms with Crippen LogP contribution in [0.4, 0.5) is 5.69 Å². The van der Waals surface area contributed by atoms with Crippen molar-refractivity contribution in [1.82, 2.24) is 4.98 Å². The molecule has 0 unspecified atom stereocenters. The van der Waals surface area contributed by atoms with Crippen molar-refractivity contribution in [1.29, 1.82) is 5.26 Å². The van der Waals surface area contributed by atoms with Gasteiger partial charge in [0.25, 0.3) is 0 Å². The minimum atomic E-state index is -0.298. The van der Waals surface area contributed by atoms with Crippen LogP contribution in [0.15, 0.2) is 54.7 Å². The number of anilines is 1. The molecule has 19 heavy (non-hydrogen) atoms. The molecule has 0 radical (unpaired) electrons. The fourth-order valence-corrected chi connectivity index (χ4v) is 1.50. The molecule has 0 atom stereocenters. The first-order chi connectivity index (χ1) is 9.29. The van der Waals surface area contributed by atoms with Crippen LogP contribution >= 0.6 is 0 Å². The highest BCUT2D eigenvalue weighted by Crippen LogP contribution is 2.13. The maximum absolute atomic E-state index is 11.7. The minimum absolute atomic E-state index is 0.298. The van der Waals surface area contributed by atoms with Crippen LogP contribution in [0.2, 0.25) is 0 Å². The third-order valence-corrected chi connectivity index (χ3v) is 2.40. The summed E-state index contributed by atoms with van der Waals surface area (Å²) in [6.07, 6.45) is 4.66. The third kappa shape index (κ3) is 3.51. The highest BCUT2D eigenvalue weighted by Gasteiger charge is 2.02. The lowest BCUT2D eigenvalue weighted by molar-refractivity contribution is -0.111. The normalized spacial score (nSPS) is 10.1. The molecule has 1 aromatic carbocycles. The Bertz CT molecular complexity index is 642. The summed E-state index contributed by atoms with van der Waals surface area (Å²) >= 11 is 0. The number of nitrogens with one attached hydrogen (secondary N) is 1. The predicted molar refractivity (Wildman–Crippen MR) is 73.1 cm³/mol. The van der Waals surface area contributed by atoms with Gasteiger partial charge in [0.15, 0.2) is 0 Å². The zero-order valence-corrected chi connectivity index (χ0v) is 10.1. The molecule has 4 nitrogen and oxygen atoms in total. The molecule has 0 spiro atoms. The summed E-state index contributed by atoms with van der Waals surface area (Å²) in [5.41, 5.74) is 1.63. The van der Waals surface area contributed by atoms with E-state index in [-0.39, 0.29) is 5.91 Å². The lowest BCUT2D eigenvalue weighted by Gasteiger charge is -2.03. The van der Waals surface area contributed by atoms with E-state index in [1.165, 1.54) is 6.08 Å². The first-order valence-corrected chi connectivity index (χ1v) is 5.69. The van der Waals surface area contributed by atoms with Gasteiger partial charge in [-0.15, -0.1) is 0 Å². The Hall–Kier alpha value is -2.93. The number of carbonyl (C=O) groups is 1. The van der Waals surface area contributed by atoms with E-state index >= 15 is 0 Å². The Morgan fingerprint density at radius 1 is 1.21 bits per heavy atom. The van der Waals surface area contributed by atoms with Gasteiger partial charge >= 0.3 is 0 Å². The number of benzene rings is 1. The minimum Gasteiger partial charge on any atom is -0.321 e. The zero-order chi connectivity index (χ0) is 13.5. The molecule has 1 N–H and O–H groups in total. The molecule has 2 rings (SSSR count). The van der Waals surface area contributed by atoms with Gasteiger partial charge in [-0.3, -0.25) is 9.78 Å². The maximum atomic E-state index is 11.7. The Morgan fingerprint density at radius 3 is 2.74 bits per heavy atom. The average Bonchev–Trinajstić information content (AvgIpc) is 2.47. The summed E-state index contributed by atoms with van der Waals surface area (Å²) in [5, 5.41) is 11.6. The van der Waals surface area contributed by atoms with E-state index in [0.29, 0.717) is 16.9 Å². The number of rotatable bonds is 3. The smallest absolute Gasteiger partial charge is 0.248 e. The monoisotopic (exact) mass is 249 g/mol. The first kappa shape index (κ1) is 12.5. The van der Waals surface area contributed by atoms with Crippen molar-refractivity contribution in [3.8, 4) is 6.07 Å². The summed E-state index contributed by atoms with van der Waals surface area (Å²) in [6, 6.07) is 14.3. The second kappa shape index (κ2) is 6.12. The standard InChI is InChI=1S/C15H11N3O/c16-11-12-5-1-2-7-14(12)18-15(19)9-8-13-6-3-4-10-17-13/h1-10H,(H,18,19)/b9-8+. The van der Waals surface area contributed by atoms with Crippen LogP contribution in [-0.4, -0.2) is 10.9 Å². The van der Waals surface area contributed by atoms with E-state index in [1.54, 1.807) is 48.7 Å². The summed E-state index contributed by atoms with van der Waals surface area (Å²) in [6.45, 7) is 0. The Balaban J connectivity index is 2.06. The van der Waals surface area contributed by atoms with Crippen molar-refractivity contribution in [3.63, 3.8) is 0 Å². The second-order valence-electron chi connectivity index (χ2n) is 3.73. The zero-order valence-electron chi connectivity index (χ0n) is 10.1. The Kier molecular flexibility index (Phi) is 4.04. The fourth-order valence-electron chi connectivity index (χ4n) is 1.50. The molecule has 0 bridgehead atoms. The molecule has 4 heteroatoms. The van der Waals surface area contributed by atoms with E-state index in [4.69, 9.17) is 5.26 Å². The SMILES string of the molecule is N#Cc1ccccc1NC(=O)/C=C/c1ccccn1. The van der Waals surface area contributed by atoms with Crippen LogP contribution in [0.3, 0.4) is 0 Å². The Morgan fingerprint density at radius 2 is 2.00 bits per heavy atom. The van der Waals surface area contributed by atoms with E-state index in [9.17, 15) is 4.79 Å². The van der Waals surface area contributed by atoms with E-state index < -0.39 is 0 Å². The van der Waals surface area contributed by atoms with Crippen molar-refractivity contribution in [2.24, 2.45) is 0 Å². The van der Waals surface area contributed by atoms with Crippen LogP contribution in [-0.2, 0) is 4.79 Å². The number of carbonyl (C=O) groups excluding carboxylic acids is 1. The molecule has 1 amide bonds. The van der Waals surface area contributed by atoms with Gasteiger partial charge in [0.2, 0.25) is 5.91 Å². The van der Waals surface area contributed by atoms with Gasteiger partial charge in [0.05, 0.1) is 16.9 Å². The molecule has 0 saturated carbocycles. The largest absolute Gasteiger partial charge is 0.321 e. The van der Waals surface area contributed by atoms with Gasteiger partial charge in [-0.2, -0.15) is 5.26 Å². The van der Waals surface area contributed by atoms with Crippen molar-refractivity contribution < 1.29 is 4.79 Å². The number of aromatic nitrogens is 1. The van der Waals surface area contributed by atoms with Gasteiger partial charge in [0, 0.05) is 12.3 Å². The number of para-hydroxylation sites is 1. The molecule has 0 aliphatic rings. The molecule has 0 aliphatic carbocycles. The number of hydrogen-bond donors (Lipinski definition) is 1. The lowest BCUT2D eigenvalue weighted by Crippen LogP contribution is -2.08. The maximum Gasteiger partial charge on any atom is 0.248 e. The number of nitrogens with zero attached hydrogens (tertiary/aromatic N) is 2. The fraction of sp³-hybridized carbons (Fsp3) is 0. The van der Waals surface area contributed by atoms with Crippen molar-refractivity contribution >= 4 is 17.7 Å². The first-order valence-electron chi connectivity index (χ1n) is 5.69. The molecular weight excluding hydrogens is 238 g/mol. The summed E-state index contributed by atoms with van der Waals surface area (Å²) < 4.78 is 0. The van der Waals surface area contributed by atoms with Gasteiger partial charge in [-0.1, -0.05) is 18.2 Å². The highest BCUT2D eigenvalue weighted by molar-refractivity contribution is 6.02. The molecule has 1 aromatic heterocycles. The van der Waals surface area contributed by atoms with Crippen molar-refractivity contribution in [2.75, 3.05) is 5.32 Å². The summed E-state index contributed by atoms with van der Waals surface area (Å²) in [7, 11) is 0. The highest BCUT2D eigenvalue weighted by atomic mass is 16.1. The molecule has 1 heterocycles. The second-order valence-corrected chi connectivity index (χ2v) is 3.73. The van der Waals surface area contributed by atoms with E-state index in [1.807, 2.05) is 12.1 Å². The predicted octanol–water partition coefficient (Wildman–Crippen LogP) is 2.61. The van der Waals surface area contributed by atoms with Crippen LogP contribution in [0.1, 0.15) is 11.3 Å². The van der Waals surface area contributed by atoms with Crippen molar-refractivity contribution in [3.05, 3.63) is 66.0 Å². The van der Waals surface area contributed by atoms with Crippen LogP contribution in [0.5, 0.6) is 0 Å². The van der Waals surface area contributed by atoms with Gasteiger partial charge in [-0.25, -0.2) is 0 Å². The summed E-state index contributed by atoms with van der Waals surface area (Å²) in [4.78, 5) is 15.8. The van der Waals surface area contributed by atoms with Gasteiger partial charge in [0.1, 0.15) is 6.07 Å². The number of hydrogen-bond acceptors (Lipinski definition) is 3. The van der Waals surface area contributed by atoms with Crippen LogP contribution in [0, 0.1) is 11.3 Å². The molecule has 92 valence electrons. The van der Waals surface area contributed by atoms with Gasteiger partial charge in [-0.05, 0) is 30.3 Å². The molecule has 0 aliphatic heterocycles. The van der Waals surface area contributed by atoms with Crippen LogP contribution in [0.25, 0.3) is 6.08 Å². The average molecular weight is 249 g/mol. The lowest BCUT2D eigenvalue weighted by atomic mass is 10.2. The third-order valence-electron chi connectivity index (χ3n) is 2.40. The summed E-state index contributed by atoms with van der Waals surface area (Å²) in [5.74, 6) is -0.298. The van der Waals surface area contributed by atoms with Gasteiger partial charge < -0.3 is 5.32 Å². The Labute approximate surface area is 111 Å². The van der Waals surface area contributed by atoms with E-state index in [0.717, 1.165) is 0 Å². The van der Waals surface area contributed by atoms with Crippen molar-refractivity contribution in [2.45, 2.75) is 0 Å². The molecule has 0 saturated heterocycles. The number of pyridine rings is 1. The van der Waals surface area contributed by atoms with Crippen LogP contribution < -0.4 is 5.32 Å². The van der Waals surface area contributed by atoms with E-state index in [2.05, 4.69) is 10.3 Å². The number of amides is 1. The number of nitriles is 1.